The van der Waals surface area contributed by atoms with Crippen molar-refractivity contribution in [1.82, 2.24) is 14.9 Å². The number of rotatable bonds is 3. The van der Waals surface area contributed by atoms with Crippen LogP contribution >= 0.6 is 0 Å². The van der Waals surface area contributed by atoms with Crippen LogP contribution in [0, 0.1) is 0 Å². The highest BCUT2D eigenvalue weighted by atomic mass is 16.5. The smallest absolute Gasteiger partial charge is 0.143 e. The molecule has 0 aliphatic carbocycles. The number of methoxy groups -OCH3 is 2. The van der Waals surface area contributed by atoms with Crippen LogP contribution in [0.2, 0.25) is 0 Å². The summed E-state index contributed by atoms with van der Waals surface area (Å²) in [5.41, 5.74) is 2.20. The highest BCUT2D eigenvalue weighted by molar-refractivity contribution is 5.66. The number of hydrogen-bond acceptors (Lipinski definition) is 4. The Morgan fingerprint density at radius 3 is 2.95 bits per heavy atom. The molecule has 2 heterocycles. The van der Waals surface area contributed by atoms with Crippen LogP contribution in [0.25, 0.3) is 11.4 Å². The standard InChI is InChI=1S/C14H17N3O2/c1-18-11-3-4-12(13(7-11)19-2)14-16-9-10-8-15-5-6-17(10)14/h3-4,7,9,15H,5-6,8H2,1-2H3. The lowest BCUT2D eigenvalue weighted by atomic mass is 10.1. The number of imidazole rings is 1. The van der Waals surface area contributed by atoms with Gasteiger partial charge in [0.25, 0.3) is 0 Å². The number of aromatic nitrogens is 2. The Morgan fingerprint density at radius 2 is 2.16 bits per heavy atom. The minimum absolute atomic E-state index is 0.784. The van der Waals surface area contributed by atoms with Gasteiger partial charge in [-0.2, -0.15) is 0 Å². The van der Waals surface area contributed by atoms with Gasteiger partial charge in [0.1, 0.15) is 17.3 Å². The highest BCUT2D eigenvalue weighted by Gasteiger charge is 2.18. The summed E-state index contributed by atoms with van der Waals surface area (Å²) in [7, 11) is 3.32. The average Bonchev–Trinajstić information content (AvgIpc) is 2.90. The summed E-state index contributed by atoms with van der Waals surface area (Å²) >= 11 is 0. The molecule has 100 valence electrons. The zero-order chi connectivity index (χ0) is 13.2. The molecule has 5 nitrogen and oxygen atoms in total. The van der Waals surface area contributed by atoms with Gasteiger partial charge in [-0.25, -0.2) is 4.98 Å². The first kappa shape index (κ1) is 12.0. The molecule has 1 aliphatic heterocycles. The van der Waals surface area contributed by atoms with Crippen LogP contribution < -0.4 is 14.8 Å². The van der Waals surface area contributed by atoms with Crippen LogP contribution in [0.4, 0.5) is 0 Å². The molecule has 1 aliphatic rings. The number of hydrogen-bond donors (Lipinski definition) is 1. The molecule has 0 saturated carbocycles. The number of ether oxygens (including phenoxy) is 2. The van der Waals surface area contributed by atoms with Gasteiger partial charge in [0.2, 0.25) is 0 Å². The van der Waals surface area contributed by atoms with Crippen LogP contribution in [-0.4, -0.2) is 30.3 Å². The van der Waals surface area contributed by atoms with Gasteiger partial charge in [0.05, 0.1) is 31.7 Å². The Balaban J connectivity index is 2.09. The number of fused-ring (bicyclic) bond motifs is 1. The Kier molecular flexibility index (Phi) is 3.13. The topological polar surface area (TPSA) is 48.3 Å². The maximum absolute atomic E-state index is 5.45. The summed E-state index contributed by atoms with van der Waals surface area (Å²) < 4.78 is 12.9. The first-order valence-corrected chi connectivity index (χ1v) is 6.31. The average molecular weight is 259 g/mol. The van der Waals surface area contributed by atoms with E-state index in [1.165, 1.54) is 5.69 Å². The molecule has 0 spiro atoms. The Hall–Kier alpha value is -2.01. The molecule has 0 fully saturated rings. The third-order valence-corrected chi connectivity index (χ3v) is 3.41. The molecule has 0 unspecified atom stereocenters. The molecule has 1 aromatic heterocycles. The summed E-state index contributed by atoms with van der Waals surface area (Å²) in [6.07, 6.45) is 1.92. The van der Waals surface area contributed by atoms with Crippen molar-refractivity contribution in [3.8, 4) is 22.9 Å². The first-order chi connectivity index (χ1) is 9.33. The number of nitrogens with one attached hydrogen (secondary N) is 1. The van der Waals surface area contributed by atoms with Gasteiger partial charge in [0.15, 0.2) is 0 Å². The van der Waals surface area contributed by atoms with E-state index < -0.39 is 0 Å². The molecule has 0 bridgehead atoms. The largest absolute Gasteiger partial charge is 0.497 e. The highest BCUT2D eigenvalue weighted by Crippen LogP contribution is 2.33. The molecular formula is C14H17N3O2. The normalized spacial score (nSPS) is 14.0. The molecule has 5 heteroatoms. The molecule has 0 saturated heterocycles. The van der Waals surface area contributed by atoms with Gasteiger partial charge < -0.3 is 19.4 Å². The van der Waals surface area contributed by atoms with Gasteiger partial charge in [-0.3, -0.25) is 0 Å². The lowest BCUT2D eigenvalue weighted by molar-refractivity contribution is 0.395. The predicted molar refractivity (Wildman–Crippen MR) is 72.5 cm³/mol. The van der Waals surface area contributed by atoms with Crippen LogP contribution in [0.15, 0.2) is 24.4 Å². The van der Waals surface area contributed by atoms with Crippen LogP contribution in [0.3, 0.4) is 0 Å². The van der Waals surface area contributed by atoms with Crippen molar-refractivity contribution >= 4 is 0 Å². The third kappa shape index (κ3) is 2.06. The molecule has 1 N–H and O–H groups in total. The van der Waals surface area contributed by atoms with Crippen LogP contribution in [0.1, 0.15) is 5.69 Å². The summed E-state index contributed by atoms with van der Waals surface area (Å²) in [6, 6.07) is 5.81. The second-order valence-electron chi connectivity index (χ2n) is 4.47. The number of nitrogens with zero attached hydrogens (tertiary/aromatic N) is 2. The van der Waals surface area contributed by atoms with Crippen LogP contribution in [0.5, 0.6) is 11.5 Å². The lowest BCUT2D eigenvalue weighted by Crippen LogP contribution is -2.27. The summed E-state index contributed by atoms with van der Waals surface area (Å²) in [5, 5.41) is 3.34. The summed E-state index contributed by atoms with van der Waals surface area (Å²) in [6.45, 7) is 2.76. The van der Waals surface area contributed by atoms with E-state index in [1.54, 1.807) is 14.2 Å². The van der Waals surface area contributed by atoms with Gasteiger partial charge in [-0.15, -0.1) is 0 Å². The fraction of sp³-hybridized carbons (Fsp3) is 0.357. The van der Waals surface area contributed by atoms with Gasteiger partial charge >= 0.3 is 0 Å². The second kappa shape index (κ2) is 4.93. The molecule has 0 atom stereocenters. The monoisotopic (exact) mass is 259 g/mol. The molecule has 0 radical (unpaired) electrons. The zero-order valence-electron chi connectivity index (χ0n) is 11.1. The molecule has 19 heavy (non-hydrogen) atoms. The van der Waals surface area contributed by atoms with E-state index in [9.17, 15) is 0 Å². The van der Waals surface area contributed by atoms with Crippen molar-refractivity contribution in [2.45, 2.75) is 13.1 Å². The second-order valence-corrected chi connectivity index (χ2v) is 4.47. The zero-order valence-corrected chi connectivity index (χ0v) is 11.1. The first-order valence-electron chi connectivity index (χ1n) is 6.31. The SMILES string of the molecule is COc1ccc(-c2ncc3n2CCNC3)c(OC)c1. The lowest BCUT2D eigenvalue weighted by Gasteiger charge is -2.18. The fourth-order valence-corrected chi connectivity index (χ4v) is 2.41. The summed E-state index contributed by atoms with van der Waals surface area (Å²) in [4.78, 5) is 4.53. The molecule has 3 rings (SSSR count). The Labute approximate surface area is 112 Å². The van der Waals surface area contributed by atoms with Crippen LogP contribution in [-0.2, 0) is 13.1 Å². The van der Waals surface area contributed by atoms with E-state index in [0.29, 0.717) is 0 Å². The van der Waals surface area contributed by atoms with E-state index in [4.69, 9.17) is 9.47 Å². The van der Waals surface area contributed by atoms with Crippen molar-refractivity contribution in [2.24, 2.45) is 0 Å². The molecular weight excluding hydrogens is 242 g/mol. The van der Waals surface area contributed by atoms with E-state index in [0.717, 1.165) is 42.5 Å². The maximum Gasteiger partial charge on any atom is 0.143 e. The van der Waals surface area contributed by atoms with E-state index in [1.807, 2.05) is 24.4 Å². The van der Waals surface area contributed by atoms with Crippen molar-refractivity contribution in [1.29, 1.82) is 0 Å². The predicted octanol–water partition coefficient (Wildman–Crippen LogP) is 1.67. The van der Waals surface area contributed by atoms with Gasteiger partial charge in [0, 0.05) is 25.7 Å². The Morgan fingerprint density at radius 1 is 1.26 bits per heavy atom. The van der Waals surface area contributed by atoms with Gasteiger partial charge in [-0.1, -0.05) is 0 Å². The van der Waals surface area contributed by atoms with Gasteiger partial charge in [-0.05, 0) is 12.1 Å². The summed E-state index contributed by atoms with van der Waals surface area (Å²) in [5.74, 6) is 2.52. The number of benzene rings is 1. The quantitative estimate of drug-likeness (QED) is 0.911. The van der Waals surface area contributed by atoms with E-state index in [-0.39, 0.29) is 0 Å². The van der Waals surface area contributed by atoms with Crippen molar-refractivity contribution in [3.05, 3.63) is 30.1 Å². The minimum atomic E-state index is 0.784. The minimum Gasteiger partial charge on any atom is -0.497 e. The molecule has 0 amide bonds. The van der Waals surface area contributed by atoms with Crippen molar-refractivity contribution < 1.29 is 9.47 Å². The third-order valence-electron chi connectivity index (χ3n) is 3.41. The van der Waals surface area contributed by atoms with E-state index in [2.05, 4.69) is 14.9 Å². The van der Waals surface area contributed by atoms with Crippen molar-refractivity contribution in [3.63, 3.8) is 0 Å². The fourth-order valence-electron chi connectivity index (χ4n) is 2.41. The molecule has 2 aromatic rings. The maximum atomic E-state index is 5.45. The molecule has 1 aromatic carbocycles. The van der Waals surface area contributed by atoms with Crippen molar-refractivity contribution in [2.75, 3.05) is 20.8 Å². The van der Waals surface area contributed by atoms with E-state index >= 15 is 0 Å². The Bertz CT molecular complexity index is 592.